The first-order chi connectivity index (χ1) is 4.26. The lowest BCUT2D eigenvalue weighted by Gasteiger charge is -2.12. The number of hydrogen-bond donors (Lipinski definition) is 1. The number of carbonyl (C=O) groups is 1. The Balaban J connectivity index is 3.63. The molecular weight excluding hydrogens is 116 g/mol. The largest absolute Gasteiger partial charge is 0.385 e. The highest BCUT2D eigenvalue weighted by atomic mass is 16.3. The van der Waals surface area contributed by atoms with Crippen LogP contribution in [0.15, 0.2) is 0 Å². The van der Waals surface area contributed by atoms with E-state index in [2.05, 4.69) is 0 Å². The summed E-state index contributed by atoms with van der Waals surface area (Å²) in [4.78, 5) is 10.0. The van der Waals surface area contributed by atoms with Crippen LogP contribution in [0.3, 0.4) is 0 Å². The zero-order valence-corrected chi connectivity index (χ0v) is 6.00. The molecule has 0 spiro atoms. The van der Waals surface area contributed by atoms with E-state index >= 15 is 0 Å². The van der Waals surface area contributed by atoms with E-state index in [-0.39, 0.29) is 5.92 Å². The molecule has 0 saturated carbocycles. The van der Waals surface area contributed by atoms with Gasteiger partial charge in [-0.05, 0) is 5.92 Å². The van der Waals surface area contributed by atoms with E-state index in [1.54, 1.807) is 0 Å². The molecular formula is C7H14O2. The average Bonchev–Trinajstić information content (AvgIpc) is 1.90. The molecule has 0 aliphatic heterocycles. The number of aldehydes is 1. The van der Waals surface area contributed by atoms with Crippen molar-refractivity contribution in [1.82, 2.24) is 0 Å². The molecule has 0 heterocycles. The molecule has 0 aromatic heterocycles. The maximum absolute atomic E-state index is 10.0. The van der Waals surface area contributed by atoms with E-state index in [9.17, 15) is 4.79 Å². The fourth-order valence-electron chi connectivity index (χ4n) is 0.883. The zero-order valence-electron chi connectivity index (χ0n) is 6.00. The van der Waals surface area contributed by atoms with Crippen molar-refractivity contribution >= 4 is 6.29 Å². The molecule has 0 radical (unpaired) electrons. The van der Waals surface area contributed by atoms with Gasteiger partial charge >= 0.3 is 0 Å². The molecule has 2 nitrogen and oxygen atoms in total. The van der Waals surface area contributed by atoms with Crippen molar-refractivity contribution in [3.63, 3.8) is 0 Å². The summed E-state index contributed by atoms with van der Waals surface area (Å²) in [6, 6.07) is 0. The second-order valence-electron chi connectivity index (χ2n) is 2.20. The minimum absolute atomic E-state index is 0.155. The second kappa shape index (κ2) is 4.50. The molecule has 54 valence electrons. The zero-order chi connectivity index (χ0) is 7.28. The van der Waals surface area contributed by atoms with Crippen LogP contribution in [0, 0.1) is 5.92 Å². The maximum Gasteiger partial charge on any atom is 0.148 e. The second-order valence-corrected chi connectivity index (χ2v) is 2.20. The fraction of sp³-hybridized carbons (Fsp3) is 0.857. The van der Waals surface area contributed by atoms with Crippen molar-refractivity contribution in [3.05, 3.63) is 0 Å². The van der Waals surface area contributed by atoms with Crippen LogP contribution >= 0.6 is 0 Å². The summed E-state index contributed by atoms with van der Waals surface area (Å²) in [6.45, 7) is 3.95. The Hall–Kier alpha value is -0.370. The normalized spacial score (nSPS) is 13.8. The van der Waals surface area contributed by atoms with E-state index in [1.807, 2.05) is 13.8 Å². The fourth-order valence-corrected chi connectivity index (χ4v) is 0.883. The third-order valence-corrected chi connectivity index (χ3v) is 1.67. The molecule has 2 heteroatoms. The number of aliphatic hydroxyl groups excluding tert-OH is 1. The van der Waals surface area contributed by atoms with Crippen LogP contribution in [0.4, 0.5) is 0 Å². The Bertz CT molecular complexity index is 77.0. The predicted octanol–water partition coefficient (Wildman–Crippen LogP) is 0.982. The molecule has 0 fully saturated rings. The Labute approximate surface area is 55.9 Å². The average molecular weight is 130 g/mol. The van der Waals surface area contributed by atoms with Crippen LogP contribution in [-0.4, -0.2) is 17.5 Å². The Morgan fingerprint density at radius 3 is 2.00 bits per heavy atom. The van der Waals surface area contributed by atoms with Gasteiger partial charge in [0.2, 0.25) is 0 Å². The van der Waals surface area contributed by atoms with E-state index < -0.39 is 6.10 Å². The van der Waals surface area contributed by atoms with Gasteiger partial charge in [-0.3, -0.25) is 0 Å². The monoisotopic (exact) mass is 130 g/mol. The summed E-state index contributed by atoms with van der Waals surface area (Å²) < 4.78 is 0. The summed E-state index contributed by atoms with van der Waals surface area (Å²) in [5.74, 6) is 0.155. The maximum atomic E-state index is 10.0. The molecule has 1 N–H and O–H groups in total. The summed E-state index contributed by atoms with van der Waals surface area (Å²) in [7, 11) is 0. The Morgan fingerprint density at radius 1 is 1.44 bits per heavy atom. The molecule has 0 bridgehead atoms. The molecule has 0 aliphatic carbocycles. The minimum atomic E-state index is -0.750. The molecule has 0 amide bonds. The molecule has 1 unspecified atom stereocenters. The summed E-state index contributed by atoms with van der Waals surface area (Å²) in [6.07, 6.45) is 1.60. The van der Waals surface area contributed by atoms with Crippen LogP contribution in [0.2, 0.25) is 0 Å². The Kier molecular flexibility index (Phi) is 4.32. The Morgan fingerprint density at radius 2 is 1.89 bits per heavy atom. The third-order valence-electron chi connectivity index (χ3n) is 1.67. The van der Waals surface area contributed by atoms with Crippen LogP contribution in [-0.2, 0) is 4.79 Å². The quantitative estimate of drug-likeness (QED) is 0.576. The van der Waals surface area contributed by atoms with Crippen molar-refractivity contribution in [1.29, 1.82) is 0 Å². The molecule has 0 aromatic carbocycles. The van der Waals surface area contributed by atoms with Crippen molar-refractivity contribution in [2.75, 3.05) is 0 Å². The minimum Gasteiger partial charge on any atom is -0.385 e. The molecule has 0 saturated heterocycles. The smallest absolute Gasteiger partial charge is 0.148 e. The topological polar surface area (TPSA) is 37.3 Å². The van der Waals surface area contributed by atoms with Crippen LogP contribution in [0.25, 0.3) is 0 Å². The lowest BCUT2D eigenvalue weighted by molar-refractivity contribution is -0.117. The molecule has 1 atom stereocenters. The van der Waals surface area contributed by atoms with Gasteiger partial charge in [0, 0.05) is 0 Å². The molecule has 0 rings (SSSR count). The lowest BCUT2D eigenvalue weighted by Crippen LogP contribution is -2.20. The highest BCUT2D eigenvalue weighted by molar-refractivity contribution is 5.55. The number of hydrogen-bond acceptors (Lipinski definition) is 2. The standard InChI is InChI=1S/C7H14O2/c1-3-6(4-2)7(9)5-8/h5-7,9H,3-4H2,1-2H3. The van der Waals surface area contributed by atoms with Crippen molar-refractivity contribution < 1.29 is 9.90 Å². The van der Waals surface area contributed by atoms with Gasteiger partial charge in [0.25, 0.3) is 0 Å². The predicted molar refractivity (Wildman–Crippen MR) is 36.1 cm³/mol. The number of aliphatic hydroxyl groups is 1. The van der Waals surface area contributed by atoms with E-state index in [0.29, 0.717) is 6.29 Å². The van der Waals surface area contributed by atoms with Gasteiger partial charge < -0.3 is 9.90 Å². The van der Waals surface area contributed by atoms with E-state index in [0.717, 1.165) is 12.8 Å². The van der Waals surface area contributed by atoms with Crippen molar-refractivity contribution in [2.24, 2.45) is 5.92 Å². The first-order valence-corrected chi connectivity index (χ1v) is 3.39. The SMILES string of the molecule is CCC(CC)C(O)C=O. The number of carbonyl (C=O) groups excluding carboxylic acids is 1. The van der Waals surface area contributed by atoms with Crippen LogP contribution < -0.4 is 0 Å². The summed E-state index contributed by atoms with van der Waals surface area (Å²) >= 11 is 0. The van der Waals surface area contributed by atoms with Crippen LogP contribution in [0.5, 0.6) is 0 Å². The van der Waals surface area contributed by atoms with Gasteiger partial charge in [0.1, 0.15) is 12.4 Å². The summed E-state index contributed by atoms with van der Waals surface area (Å²) in [5.41, 5.74) is 0. The third kappa shape index (κ3) is 2.61. The molecule has 0 aromatic rings. The molecule has 9 heavy (non-hydrogen) atoms. The van der Waals surface area contributed by atoms with Crippen molar-refractivity contribution in [2.45, 2.75) is 32.8 Å². The van der Waals surface area contributed by atoms with Gasteiger partial charge in [0.05, 0.1) is 0 Å². The van der Waals surface area contributed by atoms with E-state index in [1.165, 1.54) is 0 Å². The van der Waals surface area contributed by atoms with Gasteiger partial charge in [-0.1, -0.05) is 26.7 Å². The van der Waals surface area contributed by atoms with E-state index in [4.69, 9.17) is 5.11 Å². The van der Waals surface area contributed by atoms with Gasteiger partial charge in [0.15, 0.2) is 0 Å². The van der Waals surface area contributed by atoms with Gasteiger partial charge in [-0.25, -0.2) is 0 Å². The lowest BCUT2D eigenvalue weighted by atomic mass is 9.98. The highest BCUT2D eigenvalue weighted by Crippen LogP contribution is 2.10. The first kappa shape index (κ1) is 8.63. The summed E-state index contributed by atoms with van der Waals surface area (Å²) in [5, 5.41) is 8.95. The van der Waals surface area contributed by atoms with Crippen LogP contribution in [0.1, 0.15) is 26.7 Å². The van der Waals surface area contributed by atoms with Crippen molar-refractivity contribution in [3.8, 4) is 0 Å². The van der Waals surface area contributed by atoms with Gasteiger partial charge in [-0.15, -0.1) is 0 Å². The number of rotatable bonds is 4. The highest BCUT2D eigenvalue weighted by Gasteiger charge is 2.12. The first-order valence-electron chi connectivity index (χ1n) is 3.39. The molecule has 0 aliphatic rings. The van der Waals surface area contributed by atoms with Gasteiger partial charge in [-0.2, -0.15) is 0 Å².